The van der Waals surface area contributed by atoms with Crippen molar-refractivity contribution in [3.05, 3.63) is 72.4 Å². The van der Waals surface area contributed by atoms with E-state index in [9.17, 15) is 9.59 Å². The topological polar surface area (TPSA) is 53.5 Å². The molecular weight excluding hydrogens is 362 g/mol. The maximum Gasteiger partial charge on any atom is 0.239 e. The number of hydrogen-bond donors (Lipinski definition) is 0. The van der Waals surface area contributed by atoms with Crippen LogP contribution in [0.3, 0.4) is 0 Å². The number of anilines is 1. The molecule has 4 heterocycles. The number of carbonyl (C=O) groups excluding carboxylic acids is 2. The summed E-state index contributed by atoms with van der Waals surface area (Å²) in [6.45, 7) is 0.919. The van der Waals surface area contributed by atoms with Crippen molar-refractivity contribution in [2.75, 3.05) is 11.4 Å². The normalized spacial score (nSPS) is 28.9. The zero-order valence-corrected chi connectivity index (χ0v) is 15.9. The molecule has 6 rings (SSSR count). The number of imide groups is 1. The van der Waals surface area contributed by atoms with Gasteiger partial charge in [-0.05, 0) is 43.7 Å². The highest BCUT2D eigenvalue weighted by atomic mass is 16.2. The van der Waals surface area contributed by atoms with Crippen molar-refractivity contribution in [2.24, 2.45) is 11.8 Å². The third-order valence-corrected chi connectivity index (χ3v) is 6.79. The molecule has 29 heavy (non-hydrogen) atoms. The van der Waals surface area contributed by atoms with Crippen molar-refractivity contribution < 1.29 is 9.59 Å². The monoisotopic (exact) mass is 383 g/mol. The van der Waals surface area contributed by atoms with E-state index in [1.165, 1.54) is 4.90 Å². The third-order valence-electron chi connectivity index (χ3n) is 6.79. The Balaban J connectivity index is 1.46. The Kier molecular flexibility index (Phi) is 3.62. The van der Waals surface area contributed by atoms with Crippen LogP contribution >= 0.6 is 0 Å². The minimum absolute atomic E-state index is 0.0496. The van der Waals surface area contributed by atoms with Crippen LogP contribution in [-0.4, -0.2) is 34.3 Å². The van der Waals surface area contributed by atoms with Crippen LogP contribution in [0.4, 0.5) is 5.69 Å². The van der Waals surface area contributed by atoms with Gasteiger partial charge in [-0.25, -0.2) is 4.90 Å². The summed E-state index contributed by atoms with van der Waals surface area (Å²) in [6.07, 6.45) is 2.03. The third kappa shape index (κ3) is 2.34. The van der Waals surface area contributed by atoms with Crippen LogP contribution in [0.5, 0.6) is 0 Å². The van der Waals surface area contributed by atoms with E-state index in [0.29, 0.717) is 5.69 Å². The Morgan fingerprint density at radius 2 is 1.59 bits per heavy atom. The fraction of sp³-hybridized carbons (Fsp3) is 0.292. The average molecular weight is 383 g/mol. The van der Waals surface area contributed by atoms with E-state index in [-0.39, 0.29) is 35.7 Å². The lowest BCUT2D eigenvalue weighted by Gasteiger charge is -2.28. The number of benzene rings is 2. The van der Waals surface area contributed by atoms with Crippen LogP contribution in [0.25, 0.3) is 10.9 Å². The summed E-state index contributed by atoms with van der Waals surface area (Å²) in [5.41, 5.74) is 2.51. The Labute approximate surface area is 168 Å². The fourth-order valence-corrected chi connectivity index (χ4v) is 5.63. The van der Waals surface area contributed by atoms with E-state index in [1.54, 1.807) is 0 Å². The summed E-state index contributed by atoms with van der Waals surface area (Å²) in [4.78, 5) is 35.6. The molecule has 1 aromatic heterocycles. The second-order valence-corrected chi connectivity index (χ2v) is 8.22. The van der Waals surface area contributed by atoms with Gasteiger partial charge in [0.15, 0.2) is 0 Å². The molecule has 5 nitrogen and oxygen atoms in total. The van der Waals surface area contributed by atoms with Gasteiger partial charge in [0.05, 0.1) is 34.8 Å². The van der Waals surface area contributed by atoms with Crippen molar-refractivity contribution >= 4 is 28.4 Å². The maximum atomic E-state index is 13.5. The van der Waals surface area contributed by atoms with Gasteiger partial charge in [-0.15, -0.1) is 0 Å². The summed E-state index contributed by atoms with van der Waals surface area (Å²) in [6, 6.07) is 21.5. The number of nitrogens with zero attached hydrogens (tertiary/aromatic N) is 3. The first-order valence-electron chi connectivity index (χ1n) is 10.3. The fourth-order valence-electron chi connectivity index (χ4n) is 5.63. The maximum absolute atomic E-state index is 13.5. The van der Waals surface area contributed by atoms with Crippen LogP contribution in [0.2, 0.25) is 0 Å². The lowest BCUT2D eigenvalue weighted by Crippen LogP contribution is -2.39. The molecule has 2 amide bonds. The molecule has 3 aromatic rings. The van der Waals surface area contributed by atoms with Crippen molar-refractivity contribution in [2.45, 2.75) is 24.9 Å². The summed E-state index contributed by atoms with van der Waals surface area (Å²) in [5, 5.41) is 1.09. The van der Waals surface area contributed by atoms with Gasteiger partial charge in [-0.1, -0.05) is 42.5 Å². The Morgan fingerprint density at radius 1 is 0.828 bits per heavy atom. The van der Waals surface area contributed by atoms with Crippen LogP contribution in [0, 0.1) is 11.8 Å². The smallest absolute Gasteiger partial charge is 0.239 e. The number of rotatable bonds is 2. The molecule has 0 saturated carbocycles. The lowest BCUT2D eigenvalue weighted by atomic mass is 9.86. The highest BCUT2D eigenvalue weighted by Crippen LogP contribution is 2.53. The van der Waals surface area contributed by atoms with E-state index in [4.69, 9.17) is 4.98 Å². The number of hydrogen-bond acceptors (Lipinski definition) is 4. The molecule has 4 atom stereocenters. The molecule has 0 bridgehead atoms. The summed E-state index contributed by atoms with van der Waals surface area (Å²) in [7, 11) is 0. The quantitative estimate of drug-likeness (QED) is 0.635. The van der Waals surface area contributed by atoms with E-state index in [1.807, 2.05) is 60.7 Å². The minimum atomic E-state index is -0.360. The summed E-state index contributed by atoms with van der Waals surface area (Å²) < 4.78 is 0. The predicted octanol–water partition coefficient (Wildman–Crippen LogP) is 3.56. The van der Waals surface area contributed by atoms with Gasteiger partial charge in [0.1, 0.15) is 0 Å². The summed E-state index contributed by atoms with van der Waals surface area (Å²) in [5.74, 6) is -0.767. The molecular formula is C24H21N3O2. The number of carbonyl (C=O) groups is 2. The van der Waals surface area contributed by atoms with Crippen LogP contribution < -0.4 is 4.90 Å². The molecule has 0 unspecified atom stereocenters. The summed E-state index contributed by atoms with van der Waals surface area (Å²) >= 11 is 0. The molecule has 0 aliphatic carbocycles. The van der Waals surface area contributed by atoms with E-state index in [2.05, 4.69) is 11.0 Å². The molecule has 3 fully saturated rings. The second-order valence-electron chi connectivity index (χ2n) is 8.22. The van der Waals surface area contributed by atoms with Crippen LogP contribution in [0.1, 0.15) is 24.6 Å². The number of aromatic nitrogens is 1. The van der Waals surface area contributed by atoms with E-state index >= 15 is 0 Å². The van der Waals surface area contributed by atoms with Crippen molar-refractivity contribution in [1.82, 2.24) is 9.88 Å². The molecule has 2 aromatic carbocycles. The first-order valence-corrected chi connectivity index (χ1v) is 10.3. The molecule has 0 N–H and O–H groups in total. The molecule has 3 saturated heterocycles. The average Bonchev–Trinajstić information content (AvgIpc) is 3.40. The lowest BCUT2D eigenvalue weighted by molar-refractivity contribution is -0.123. The van der Waals surface area contributed by atoms with Gasteiger partial charge < -0.3 is 0 Å². The van der Waals surface area contributed by atoms with E-state index in [0.717, 1.165) is 36.0 Å². The molecule has 3 aliphatic rings. The van der Waals surface area contributed by atoms with Crippen molar-refractivity contribution in [1.29, 1.82) is 0 Å². The molecule has 0 radical (unpaired) electrons. The number of pyridine rings is 1. The Hall–Kier alpha value is -3.05. The van der Waals surface area contributed by atoms with Gasteiger partial charge in [0.25, 0.3) is 0 Å². The number of fused-ring (bicyclic) bond motifs is 4. The number of amides is 2. The van der Waals surface area contributed by atoms with Gasteiger partial charge in [0.2, 0.25) is 11.8 Å². The molecule has 5 heteroatoms. The molecule has 0 spiro atoms. The zero-order valence-electron chi connectivity index (χ0n) is 15.9. The zero-order chi connectivity index (χ0) is 19.5. The molecule has 3 aliphatic heterocycles. The minimum Gasteiger partial charge on any atom is -0.290 e. The van der Waals surface area contributed by atoms with Gasteiger partial charge in [0, 0.05) is 11.4 Å². The SMILES string of the molecule is O=C1[C@@H]2[C@H](C(=O)N1c1ccccc1)[C@H](c1ccc3ccccc3n1)N1CCC[C@@H]21. The second kappa shape index (κ2) is 6.22. The predicted molar refractivity (Wildman–Crippen MR) is 110 cm³/mol. The highest BCUT2D eigenvalue weighted by Gasteiger charge is 2.63. The Morgan fingerprint density at radius 3 is 2.45 bits per heavy atom. The highest BCUT2D eigenvalue weighted by molar-refractivity contribution is 6.22. The van der Waals surface area contributed by atoms with Crippen LogP contribution in [0.15, 0.2) is 66.7 Å². The van der Waals surface area contributed by atoms with Gasteiger partial charge in [-0.3, -0.25) is 19.5 Å². The standard InChI is InChI=1S/C24H21N3O2/c28-23-20-19-11-6-14-26(19)22(18-13-12-15-7-4-5-10-17(15)25-18)21(20)24(29)27(23)16-8-2-1-3-9-16/h1-5,7-10,12-13,19-22H,6,11,14H2/t19-,20-,21-,22-/m0/s1. The van der Waals surface area contributed by atoms with Gasteiger partial charge >= 0.3 is 0 Å². The van der Waals surface area contributed by atoms with E-state index < -0.39 is 0 Å². The van der Waals surface area contributed by atoms with Crippen molar-refractivity contribution in [3.63, 3.8) is 0 Å². The Bertz CT molecular complexity index is 1130. The largest absolute Gasteiger partial charge is 0.290 e. The number of para-hydroxylation sites is 2. The first kappa shape index (κ1) is 16.9. The van der Waals surface area contributed by atoms with Crippen LogP contribution in [-0.2, 0) is 9.59 Å². The van der Waals surface area contributed by atoms with Gasteiger partial charge in [-0.2, -0.15) is 0 Å². The molecule has 144 valence electrons. The van der Waals surface area contributed by atoms with Crippen molar-refractivity contribution in [3.8, 4) is 0 Å². The first-order chi connectivity index (χ1) is 14.2.